The molecule has 4 heteroatoms. The first-order chi connectivity index (χ1) is 10.2. The van der Waals surface area contributed by atoms with E-state index < -0.39 is 0 Å². The van der Waals surface area contributed by atoms with E-state index >= 15 is 0 Å². The van der Waals surface area contributed by atoms with Crippen LogP contribution in [0.4, 0.5) is 5.69 Å². The van der Waals surface area contributed by atoms with E-state index in [1.807, 2.05) is 6.07 Å². The van der Waals surface area contributed by atoms with Gasteiger partial charge in [-0.2, -0.15) is 0 Å². The van der Waals surface area contributed by atoms with Gasteiger partial charge >= 0.3 is 0 Å². The Morgan fingerprint density at radius 1 is 1.19 bits per heavy atom. The van der Waals surface area contributed by atoms with Crippen molar-refractivity contribution < 1.29 is 0 Å². The minimum Gasteiger partial charge on any atom is -0.397 e. The number of aromatic amines is 1. The maximum absolute atomic E-state index is 6.06. The Morgan fingerprint density at radius 3 is 2.86 bits per heavy atom. The topological polar surface area (TPSA) is 54.7 Å². The highest BCUT2D eigenvalue weighted by Gasteiger charge is 2.22. The van der Waals surface area contributed by atoms with Gasteiger partial charge in [0, 0.05) is 10.9 Å². The first-order valence-corrected chi connectivity index (χ1v) is 7.60. The molecule has 0 saturated carbocycles. The van der Waals surface area contributed by atoms with E-state index in [-0.39, 0.29) is 0 Å². The largest absolute Gasteiger partial charge is 0.397 e. The molecule has 1 aliphatic rings. The van der Waals surface area contributed by atoms with Gasteiger partial charge in [0.25, 0.3) is 0 Å². The summed E-state index contributed by atoms with van der Waals surface area (Å²) in [5.74, 6) is 1.44. The van der Waals surface area contributed by atoms with Gasteiger partial charge in [0.05, 0.1) is 11.2 Å². The Balaban J connectivity index is 1.73. The lowest BCUT2D eigenvalue weighted by molar-refractivity contribution is 0.561. The van der Waals surface area contributed by atoms with Crippen LogP contribution in [-0.4, -0.2) is 9.97 Å². The first kappa shape index (κ1) is 12.7. The van der Waals surface area contributed by atoms with E-state index in [0.717, 1.165) is 36.1 Å². The summed E-state index contributed by atoms with van der Waals surface area (Å²) in [6, 6.07) is 12.3. The summed E-state index contributed by atoms with van der Waals surface area (Å²) in [7, 11) is 0. The van der Waals surface area contributed by atoms with Crippen molar-refractivity contribution >= 4 is 28.3 Å². The molecule has 3 N–H and O–H groups in total. The Bertz CT molecular complexity index is 822. The Kier molecular flexibility index (Phi) is 2.89. The van der Waals surface area contributed by atoms with Crippen LogP contribution in [0.2, 0.25) is 5.02 Å². The highest BCUT2D eigenvalue weighted by atomic mass is 35.5. The number of aromatic nitrogens is 2. The van der Waals surface area contributed by atoms with Crippen molar-refractivity contribution in [3.05, 3.63) is 58.4 Å². The average molecular weight is 298 g/mol. The predicted octanol–water partition coefficient (Wildman–Crippen LogP) is 4.07. The molecule has 0 fully saturated rings. The fourth-order valence-corrected chi connectivity index (χ4v) is 3.48. The van der Waals surface area contributed by atoms with Crippen LogP contribution in [-0.2, 0) is 12.8 Å². The summed E-state index contributed by atoms with van der Waals surface area (Å²) < 4.78 is 0. The molecule has 1 heterocycles. The molecule has 1 unspecified atom stereocenters. The number of rotatable bonds is 1. The summed E-state index contributed by atoms with van der Waals surface area (Å²) >= 11 is 6.06. The van der Waals surface area contributed by atoms with Crippen LogP contribution in [0.5, 0.6) is 0 Å². The molecule has 0 bridgehead atoms. The molecule has 0 saturated heterocycles. The van der Waals surface area contributed by atoms with Crippen molar-refractivity contribution in [2.24, 2.45) is 0 Å². The summed E-state index contributed by atoms with van der Waals surface area (Å²) in [4.78, 5) is 8.11. The number of halogens is 1. The molecule has 4 rings (SSSR count). The highest BCUT2D eigenvalue weighted by Crippen LogP contribution is 2.33. The normalized spacial score (nSPS) is 17.9. The van der Waals surface area contributed by atoms with Gasteiger partial charge in [-0.25, -0.2) is 4.98 Å². The second-order valence-corrected chi connectivity index (χ2v) is 6.16. The van der Waals surface area contributed by atoms with Gasteiger partial charge in [-0.15, -0.1) is 0 Å². The molecule has 0 amide bonds. The molecule has 3 aromatic rings. The number of nitrogens with zero attached hydrogens (tertiary/aromatic N) is 1. The lowest BCUT2D eigenvalue weighted by Gasteiger charge is -2.22. The van der Waals surface area contributed by atoms with E-state index in [1.165, 1.54) is 11.1 Å². The van der Waals surface area contributed by atoms with Crippen LogP contribution in [0.3, 0.4) is 0 Å². The van der Waals surface area contributed by atoms with Crippen molar-refractivity contribution in [2.75, 3.05) is 5.73 Å². The van der Waals surface area contributed by atoms with Crippen LogP contribution in [0, 0.1) is 0 Å². The van der Waals surface area contributed by atoms with Gasteiger partial charge in [0.15, 0.2) is 0 Å². The maximum atomic E-state index is 6.06. The zero-order valence-electron chi connectivity index (χ0n) is 11.6. The molecular weight excluding hydrogens is 282 g/mol. The van der Waals surface area contributed by atoms with Crippen LogP contribution in [0.1, 0.15) is 29.3 Å². The number of imidazole rings is 1. The van der Waals surface area contributed by atoms with Crippen LogP contribution in [0.25, 0.3) is 11.0 Å². The molecule has 0 aliphatic heterocycles. The molecule has 1 atom stereocenters. The third-order valence-corrected chi connectivity index (χ3v) is 4.55. The fraction of sp³-hybridized carbons (Fsp3) is 0.235. The summed E-state index contributed by atoms with van der Waals surface area (Å²) in [6.45, 7) is 0. The number of benzene rings is 2. The minimum atomic E-state index is 0.422. The summed E-state index contributed by atoms with van der Waals surface area (Å²) in [5.41, 5.74) is 11.3. The fourth-order valence-electron chi connectivity index (χ4n) is 3.25. The third-order valence-electron chi connectivity index (χ3n) is 4.33. The lowest BCUT2D eigenvalue weighted by atomic mass is 9.83. The number of nitrogens with one attached hydrogen (secondary N) is 1. The lowest BCUT2D eigenvalue weighted by Crippen LogP contribution is -2.13. The maximum Gasteiger partial charge on any atom is 0.112 e. The van der Waals surface area contributed by atoms with Gasteiger partial charge in [-0.05, 0) is 42.5 Å². The van der Waals surface area contributed by atoms with Crippen LogP contribution < -0.4 is 5.73 Å². The number of nitrogen functional groups attached to an aromatic ring is 1. The Labute approximate surface area is 128 Å². The van der Waals surface area contributed by atoms with Gasteiger partial charge < -0.3 is 10.7 Å². The molecule has 21 heavy (non-hydrogen) atoms. The summed E-state index contributed by atoms with van der Waals surface area (Å²) in [5, 5.41) is 0.643. The van der Waals surface area contributed by atoms with Crippen molar-refractivity contribution in [1.29, 1.82) is 0 Å². The van der Waals surface area contributed by atoms with Crippen molar-refractivity contribution in [3.8, 4) is 0 Å². The van der Waals surface area contributed by atoms with Crippen molar-refractivity contribution in [3.63, 3.8) is 0 Å². The van der Waals surface area contributed by atoms with Crippen LogP contribution >= 0.6 is 11.6 Å². The van der Waals surface area contributed by atoms with Gasteiger partial charge in [-0.3, -0.25) is 0 Å². The standard InChI is InChI=1S/C17H16ClN3/c18-13-8-14(19)16-15(9-13)20-17(21-16)12-6-5-10-3-1-2-4-11(10)7-12/h1-4,8-9,12H,5-7,19H2,(H,20,21). The van der Waals surface area contributed by atoms with E-state index in [1.54, 1.807) is 6.07 Å². The molecule has 3 nitrogen and oxygen atoms in total. The monoisotopic (exact) mass is 297 g/mol. The average Bonchev–Trinajstić information content (AvgIpc) is 2.91. The highest BCUT2D eigenvalue weighted by molar-refractivity contribution is 6.31. The smallest absolute Gasteiger partial charge is 0.112 e. The number of nitrogens with two attached hydrogens (primary N) is 1. The number of hydrogen-bond donors (Lipinski definition) is 2. The van der Waals surface area contributed by atoms with Gasteiger partial charge in [0.2, 0.25) is 0 Å². The zero-order valence-corrected chi connectivity index (χ0v) is 12.3. The number of aryl methyl sites for hydroxylation is 1. The van der Waals surface area contributed by atoms with Gasteiger partial charge in [-0.1, -0.05) is 35.9 Å². The number of hydrogen-bond acceptors (Lipinski definition) is 2. The number of H-pyrrole nitrogens is 1. The van der Waals surface area contributed by atoms with Crippen molar-refractivity contribution in [2.45, 2.75) is 25.2 Å². The van der Waals surface area contributed by atoms with E-state index in [2.05, 4.69) is 29.2 Å². The number of anilines is 1. The number of fused-ring (bicyclic) bond motifs is 2. The Morgan fingerprint density at radius 2 is 2.00 bits per heavy atom. The predicted molar refractivity (Wildman–Crippen MR) is 86.7 cm³/mol. The van der Waals surface area contributed by atoms with E-state index in [0.29, 0.717) is 16.6 Å². The molecule has 0 spiro atoms. The second kappa shape index (κ2) is 4.78. The third kappa shape index (κ3) is 2.18. The van der Waals surface area contributed by atoms with Gasteiger partial charge in [0.1, 0.15) is 11.3 Å². The van der Waals surface area contributed by atoms with Crippen LogP contribution in [0.15, 0.2) is 36.4 Å². The SMILES string of the molecule is Nc1cc(Cl)cc2[nH]c(C3CCc4ccccc4C3)nc12. The molecule has 2 aromatic carbocycles. The molecule has 1 aromatic heterocycles. The Hall–Kier alpha value is -2.00. The molecule has 1 aliphatic carbocycles. The van der Waals surface area contributed by atoms with E-state index in [9.17, 15) is 0 Å². The summed E-state index contributed by atoms with van der Waals surface area (Å²) in [6.07, 6.45) is 3.25. The van der Waals surface area contributed by atoms with Crippen molar-refractivity contribution in [1.82, 2.24) is 9.97 Å². The van der Waals surface area contributed by atoms with E-state index in [4.69, 9.17) is 22.3 Å². The molecule has 0 radical (unpaired) electrons. The molecule has 106 valence electrons. The zero-order chi connectivity index (χ0) is 14.4. The first-order valence-electron chi connectivity index (χ1n) is 7.22. The quantitative estimate of drug-likeness (QED) is 0.665. The minimum absolute atomic E-state index is 0.422. The molecular formula is C17H16ClN3. The second-order valence-electron chi connectivity index (χ2n) is 5.72.